The van der Waals surface area contributed by atoms with E-state index < -0.39 is 0 Å². The fourth-order valence-electron chi connectivity index (χ4n) is 5.65. The number of aliphatic hydroxyl groups excluding tert-OH is 1. The number of hydrogen-bond donors (Lipinski definition) is 1. The second-order valence-corrected chi connectivity index (χ2v) is 10.4. The van der Waals surface area contributed by atoms with Gasteiger partial charge >= 0.3 is 0 Å². The van der Waals surface area contributed by atoms with Crippen LogP contribution in [0.2, 0.25) is 0 Å². The van der Waals surface area contributed by atoms with Crippen molar-refractivity contribution in [1.29, 1.82) is 0 Å². The summed E-state index contributed by atoms with van der Waals surface area (Å²) in [6.07, 6.45) is 23.3. The summed E-state index contributed by atoms with van der Waals surface area (Å²) in [5, 5.41) is 9.97. The third kappa shape index (κ3) is 5.85. The smallest absolute Gasteiger partial charge is 0.110 e. The van der Waals surface area contributed by atoms with Gasteiger partial charge in [0.25, 0.3) is 0 Å². The highest BCUT2D eigenvalue weighted by molar-refractivity contribution is 5.17. The number of hydrogen-bond acceptors (Lipinski definition) is 2. The molecule has 2 aliphatic carbocycles. The first kappa shape index (κ1) is 22.8. The predicted octanol–water partition coefficient (Wildman–Crippen LogP) is 7.00. The molecule has 1 saturated heterocycles. The molecule has 164 valence electrons. The molecule has 1 aliphatic heterocycles. The number of ether oxygens (including phenoxy) is 1. The lowest BCUT2D eigenvalue weighted by Gasteiger charge is -2.46. The summed E-state index contributed by atoms with van der Waals surface area (Å²) in [6.45, 7) is 10.5. The van der Waals surface area contributed by atoms with Crippen LogP contribution in [0, 0.1) is 23.2 Å². The Hall–Kier alpha value is -0.860. The van der Waals surface area contributed by atoms with Crippen LogP contribution in [0.1, 0.15) is 91.9 Å². The molecule has 0 aromatic carbocycles. The fraction of sp³-hybridized carbons (Fsp3) is 0.778. The van der Waals surface area contributed by atoms with Gasteiger partial charge in [-0.1, -0.05) is 70.1 Å². The van der Waals surface area contributed by atoms with Crippen LogP contribution in [-0.4, -0.2) is 23.4 Å². The fourth-order valence-corrected chi connectivity index (χ4v) is 5.65. The molecule has 0 amide bonds. The highest BCUT2D eigenvalue weighted by atomic mass is 16.6. The van der Waals surface area contributed by atoms with E-state index in [2.05, 4.69) is 58.1 Å². The largest absolute Gasteiger partial charge is 0.393 e. The molecule has 0 aromatic rings. The van der Waals surface area contributed by atoms with E-state index in [4.69, 9.17) is 4.74 Å². The maximum absolute atomic E-state index is 9.97. The molecule has 2 nitrogen and oxygen atoms in total. The molecule has 3 fully saturated rings. The van der Waals surface area contributed by atoms with Gasteiger partial charge in [-0.25, -0.2) is 0 Å². The third-order valence-corrected chi connectivity index (χ3v) is 8.57. The molecular weight excluding hydrogens is 356 g/mol. The van der Waals surface area contributed by atoms with Crippen LogP contribution < -0.4 is 0 Å². The lowest BCUT2D eigenvalue weighted by molar-refractivity contribution is 0.0955. The Bertz CT molecular complexity index is 612. The Morgan fingerprint density at radius 3 is 2.72 bits per heavy atom. The van der Waals surface area contributed by atoms with E-state index in [1.807, 2.05) is 0 Å². The van der Waals surface area contributed by atoms with Crippen molar-refractivity contribution in [2.45, 2.75) is 104 Å². The molecule has 1 N–H and O–H groups in total. The van der Waals surface area contributed by atoms with Crippen molar-refractivity contribution in [2.75, 3.05) is 6.61 Å². The first-order chi connectivity index (χ1) is 13.9. The minimum Gasteiger partial charge on any atom is -0.393 e. The summed E-state index contributed by atoms with van der Waals surface area (Å²) in [5.74, 6) is 2.03. The van der Waals surface area contributed by atoms with Crippen molar-refractivity contribution < 1.29 is 9.84 Å². The topological polar surface area (TPSA) is 32.8 Å². The number of epoxide rings is 1. The molecule has 29 heavy (non-hydrogen) atoms. The molecule has 2 heteroatoms. The van der Waals surface area contributed by atoms with Crippen LogP contribution >= 0.6 is 0 Å². The van der Waals surface area contributed by atoms with Crippen molar-refractivity contribution in [1.82, 2.24) is 0 Å². The van der Waals surface area contributed by atoms with Gasteiger partial charge < -0.3 is 9.84 Å². The van der Waals surface area contributed by atoms with E-state index in [9.17, 15) is 5.11 Å². The van der Waals surface area contributed by atoms with Gasteiger partial charge in [-0.15, -0.1) is 0 Å². The van der Waals surface area contributed by atoms with Gasteiger partial charge in [-0.2, -0.15) is 0 Å². The van der Waals surface area contributed by atoms with E-state index in [0.29, 0.717) is 23.2 Å². The molecule has 6 atom stereocenters. The molecule has 3 aliphatic rings. The molecule has 0 radical (unpaired) electrons. The van der Waals surface area contributed by atoms with Gasteiger partial charge in [-0.05, 0) is 81.0 Å². The van der Waals surface area contributed by atoms with E-state index in [-0.39, 0.29) is 11.7 Å². The minimum atomic E-state index is -0.0549. The van der Waals surface area contributed by atoms with Crippen molar-refractivity contribution in [3.05, 3.63) is 36.0 Å². The quantitative estimate of drug-likeness (QED) is 0.270. The lowest BCUT2D eigenvalue weighted by Crippen LogP contribution is -2.36. The number of allylic oxidation sites excluding steroid dienone is 5. The van der Waals surface area contributed by atoms with Crippen molar-refractivity contribution in [3.8, 4) is 0 Å². The average molecular weight is 401 g/mol. The third-order valence-electron chi connectivity index (χ3n) is 8.57. The van der Waals surface area contributed by atoms with Crippen molar-refractivity contribution >= 4 is 0 Å². The Labute approximate surface area is 179 Å². The summed E-state index contributed by atoms with van der Waals surface area (Å²) >= 11 is 0. The van der Waals surface area contributed by atoms with Crippen molar-refractivity contribution in [2.24, 2.45) is 23.2 Å². The normalized spacial score (nSPS) is 40.7. The molecular formula is C27H44O2. The second-order valence-electron chi connectivity index (χ2n) is 10.4. The van der Waals surface area contributed by atoms with E-state index in [0.717, 1.165) is 32.3 Å². The summed E-state index contributed by atoms with van der Waals surface area (Å²) in [4.78, 5) is 0. The molecule has 0 bridgehead atoms. The van der Waals surface area contributed by atoms with Crippen LogP contribution in [-0.2, 0) is 4.74 Å². The predicted molar refractivity (Wildman–Crippen MR) is 123 cm³/mol. The van der Waals surface area contributed by atoms with Gasteiger partial charge in [0.05, 0.1) is 12.7 Å². The van der Waals surface area contributed by atoms with Gasteiger partial charge in [-0.3, -0.25) is 0 Å². The summed E-state index contributed by atoms with van der Waals surface area (Å²) in [6, 6.07) is 0. The summed E-state index contributed by atoms with van der Waals surface area (Å²) < 4.78 is 5.54. The molecule has 2 saturated carbocycles. The standard InChI is InChI=1S/C27H44O2/c1-5-27(20-29-27)18-8-6-7-11-21(2)26(4)17-10-13-24(22(26)3)16-15-23-12-9-14-25(28)19-23/h6-8,16,18,21-23,25,28H,5,9-15,17,19-20H2,1-4H3/b7-6+,18-8+,24-16+. The average Bonchev–Trinajstić information content (AvgIpc) is 3.49. The molecule has 1 heterocycles. The maximum Gasteiger partial charge on any atom is 0.110 e. The Morgan fingerprint density at radius 2 is 2.03 bits per heavy atom. The zero-order valence-electron chi connectivity index (χ0n) is 19.3. The van der Waals surface area contributed by atoms with Crippen LogP contribution in [0.3, 0.4) is 0 Å². The Balaban J connectivity index is 1.53. The summed E-state index contributed by atoms with van der Waals surface area (Å²) in [7, 11) is 0. The minimum absolute atomic E-state index is 0.0495. The molecule has 0 aromatic heterocycles. The van der Waals surface area contributed by atoms with E-state index in [1.165, 1.54) is 38.5 Å². The van der Waals surface area contributed by atoms with Gasteiger partial charge in [0.15, 0.2) is 0 Å². The molecule has 0 spiro atoms. The van der Waals surface area contributed by atoms with Crippen LogP contribution in [0.15, 0.2) is 36.0 Å². The van der Waals surface area contributed by atoms with Gasteiger partial charge in [0.1, 0.15) is 5.60 Å². The zero-order valence-corrected chi connectivity index (χ0v) is 19.3. The summed E-state index contributed by atoms with van der Waals surface area (Å²) in [5.41, 5.74) is 2.12. The van der Waals surface area contributed by atoms with Gasteiger partial charge in [0, 0.05) is 0 Å². The number of rotatable bonds is 8. The zero-order chi connectivity index (χ0) is 20.9. The van der Waals surface area contributed by atoms with Crippen LogP contribution in [0.5, 0.6) is 0 Å². The van der Waals surface area contributed by atoms with E-state index in [1.54, 1.807) is 5.57 Å². The van der Waals surface area contributed by atoms with Crippen molar-refractivity contribution in [3.63, 3.8) is 0 Å². The first-order valence-corrected chi connectivity index (χ1v) is 12.2. The molecule has 3 rings (SSSR count). The number of aliphatic hydroxyl groups is 1. The highest BCUT2D eigenvalue weighted by Crippen LogP contribution is 2.50. The SMILES string of the molecule is CCC1(/C=C/C=C/CC(C)C2(C)CCC/C(=C\CC3CCCC(O)C3)C2C)CO1. The Morgan fingerprint density at radius 1 is 1.24 bits per heavy atom. The van der Waals surface area contributed by atoms with Crippen LogP contribution in [0.25, 0.3) is 0 Å². The Kier molecular flexibility index (Phi) is 7.84. The molecule has 6 unspecified atom stereocenters. The highest BCUT2D eigenvalue weighted by Gasteiger charge is 2.40. The lowest BCUT2D eigenvalue weighted by atomic mass is 9.59. The maximum atomic E-state index is 9.97. The monoisotopic (exact) mass is 400 g/mol. The second kappa shape index (κ2) is 9.96. The first-order valence-electron chi connectivity index (χ1n) is 12.2. The van der Waals surface area contributed by atoms with Crippen LogP contribution in [0.4, 0.5) is 0 Å². The van der Waals surface area contributed by atoms with E-state index >= 15 is 0 Å². The van der Waals surface area contributed by atoms with Gasteiger partial charge in [0.2, 0.25) is 0 Å².